The molecule has 4 nitrogen and oxygen atoms in total. The van der Waals surface area contributed by atoms with Crippen LogP contribution in [0, 0.1) is 9.49 Å². The zero-order valence-corrected chi connectivity index (χ0v) is 11.5. The molecule has 92 valence electrons. The quantitative estimate of drug-likeness (QED) is 0.503. The summed E-state index contributed by atoms with van der Waals surface area (Å²) in [4.78, 5) is 22.4. The van der Waals surface area contributed by atoms with Gasteiger partial charge in [-0.1, -0.05) is 12.1 Å². The molecular formula is C12H13IO4. The van der Waals surface area contributed by atoms with E-state index in [-0.39, 0.29) is 13.0 Å². The number of benzene rings is 1. The molecule has 0 radical (unpaired) electrons. The first-order valence-electron chi connectivity index (χ1n) is 5.18. The lowest BCUT2D eigenvalue weighted by atomic mass is 10.00. The summed E-state index contributed by atoms with van der Waals surface area (Å²) in [6, 6.07) is 7.38. The van der Waals surface area contributed by atoms with Crippen molar-refractivity contribution in [1.82, 2.24) is 0 Å². The van der Waals surface area contributed by atoms with Crippen molar-refractivity contribution >= 4 is 34.5 Å². The van der Waals surface area contributed by atoms with Gasteiger partial charge in [-0.05, 0) is 53.6 Å². The Kier molecular flexibility index (Phi) is 5.40. The van der Waals surface area contributed by atoms with Crippen molar-refractivity contribution in [2.75, 3.05) is 6.61 Å². The Morgan fingerprint density at radius 1 is 1.35 bits per heavy atom. The monoisotopic (exact) mass is 348 g/mol. The SMILES string of the molecule is CCOC(=O)C(Cc1ccc(I)cc1)C(=O)O. The summed E-state index contributed by atoms with van der Waals surface area (Å²) < 4.78 is 5.80. The first-order valence-corrected chi connectivity index (χ1v) is 6.26. The topological polar surface area (TPSA) is 63.6 Å². The van der Waals surface area contributed by atoms with Crippen molar-refractivity contribution in [2.45, 2.75) is 13.3 Å². The highest BCUT2D eigenvalue weighted by molar-refractivity contribution is 14.1. The fourth-order valence-electron chi connectivity index (χ4n) is 1.37. The largest absolute Gasteiger partial charge is 0.481 e. The molecule has 5 heteroatoms. The van der Waals surface area contributed by atoms with E-state index in [2.05, 4.69) is 22.6 Å². The number of rotatable bonds is 5. The molecule has 1 atom stereocenters. The van der Waals surface area contributed by atoms with Crippen LogP contribution in [-0.2, 0) is 20.7 Å². The standard InChI is InChI=1S/C12H13IO4/c1-2-17-12(16)10(11(14)15)7-8-3-5-9(13)6-4-8/h3-6,10H,2,7H2,1H3,(H,14,15). The molecule has 1 aromatic rings. The van der Waals surface area contributed by atoms with Crippen LogP contribution in [0.3, 0.4) is 0 Å². The van der Waals surface area contributed by atoms with Crippen LogP contribution < -0.4 is 0 Å². The molecule has 1 aromatic carbocycles. The molecule has 0 aliphatic rings. The highest BCUT2D eigenvalue weighted by Gasteiger charge is 2.27. The number of carbonyl (C=O) groups excluding carboxylic acids is 1. The van der Waals surface area contributed by atoms with Gasteiger partial charge in [0.15, 0.2) is 5.92 Å². The predicted octanol–water partition coefficient (Wildman–Crippen LogP) is 2.10. The average molecular weight is 348 g/mol. The third-order valence-electron chi connectivity index (χ3n) is 2.22. The Morgan fingerprint density at radius 2 is 1.94 bits per heavy atom. The Balaban J connectivity index is 2.76. The Hall–Kier alpha value is -1.11. The second kappa shape index (κ2) is 6.58. The summed E-state index contributed by atoms with van der Waals surface area (Å²) in [5.41, 5.74) is 0.811. The predicted molar refractivity (Wildman–Crippen MR) is 70.6 cm³/mol. The fourth-order valence-corrected chi connectivity index (χ4v) is 1.73. The molecule has 0 heterocycles. The van der Waals surface area contributed by atoms with Gasteiger partial charge in [0.05, 0.1) is 6.61 Å². The van der Waals surface area contributed by atoms with Crippen LogP contribution in [0.15, 0.2) is 24.3 Å². The molecule has 0 amide bonds. The molecule has 0 saturated heterocycles. The Labute approximate surface area is 113 Å². The Bertz CT molecular complexity index is 399. The number of ether oxygens (including phenoxy) is 1. The maximum Gasteiger partial charge on any atom is 0.320 e. The molecule has 1 N–H and O–H groups in total. The molecule has 0 fully saturated rings. The number of carbonyl (C=O) groups is 2. The van der Waals surface area contributed by atoms with Gasteiger partial charge in [-0.15, -0.1) is 0 Å². The number of halogens is 1. The smallest absolute Gasteiger partial charge is 0.320 e. The van der Waals surface area contributed by atoms with Crippen LogP contribution in [0.1, 0.15) is 12.5 Å². The number of carboxylic acid groups (broad SMARTS) is 1. The van der Waals surface area contributed by atoms with Crippen molar-refractivity contribution in [3.63, 3.8) is 0 Å². The van der Waals surface area contributed by atoms with Crippen LogP contribution in [0.4, 0.5) is 0 Å². The maximum atomic E-state index is 11.5. The van der Waals surface area contributed by atoms with Crippen LogP contribution in [0.2, 0.25) is 0 Å². The van der Waals surface area contributed by atoms with Crippen molar-refractivity contribution in [3.8, 4) is 0 Å². The van der Waals surface area contributed by atoms with Crippen molar-refractivity contribution in [3.05, 3.63) is 33.4 Å². The highest BCUT2D eigenvalue weighted by Crippen LogP contribution is 2.13. The van der Waals surface area contributed by atoms with E-state index in [9.17, 15) is 9.59 Å². The van der Waals surface area contributed by atoms with E-state index in [0.717, 1.165) is 9.13 Å². The van der Waals surface area contributed by atoms with Gasteiger partial charge in [0.2, 0.25) is 0 Å². The third kappa shape index (κ3) is 4.33. The zero-order chi connectivity index (χ0) is 12.8. The van der Waals surface area contributed by atoms with Gasteiger partial charge < -0.3 is 9.84 Å². The minimum Gasteiger partial charge on any atom is -0.481 e. The van der Waals surface area contributed by atoms with Gasteiger partial charge in [0, 0.05) is 3.57 Å². The van der Waals surface area contributed by atoms with Gasteiger partial charge >= 0.3 is 11.9 Å². The van der Waals surface area contributed by atoms with E-state index in [4.69, 9.17) is 9.84 Å². The van der Waals surface area contributed by atoms with Gasteiger partial charge in [0.1, 0.15) is 0 Å². The lowest BCUT2D eigenvalue weighted by Gasteiger charge is -2.11. The molecular weight excluding hydrogens is 335 g/mol. The number of aliphatic carboxylic acids is 1. The summed E-state index contributed by atoms with van der Waals surface area (Å²) in [5.74, 6) is -2.96. The molecule has 1 unspecified atom stereocenters. The van der Waals surface area contributed by atoms with Crippen LogP contribution in [-0.4, -0.2) is 23.7 Å². The number of esters is 1. The van der Waals surface area contributed by atoms with Crippen molar-refractivity contribution in [2.24, 2.45) is 5.92 Å². The first-order chi connectivity index (χ1) is 8.04. The maximum absolute atomic E-state index is 11.5. The molecule has 0 aliphatic heterocycles. The average Bonchev–Trinajstić information content (AvgIpc) is 2.28. The normalized spacial score (nSPS) is 11.9. The van der Waals surface area contributed by atoms with Gasteiger partial charge in [-0.25, -0.2) is 0 Å². The van der Waals surface area contributed by atoms with E-state index in [1.807, 2.05) is 24.3 Å². The lowest BCUT2D eigenvalue weighted by Crippen LogP contribution is -2.27. The molecule has 17 heavy (non-hydrogen) atoms. The zero-order valence-electron chi connectivity index (χ0n) is 9.35. The third-order valence-corrected chi connectivity index (χ3v) is 2.94. The fraction of sp³-hybridized carbons (Fsp3) is 0.333. The van der Waals surface area contributed by atoms with Gasteiger partial charge in [0.25, 0.3) is 0 Å². The number of carboxylic acids is 1. The number of hydrogen-bond donors (Lipinski definition) is 1. The summed E-state index contributed by atoms with van der Waals surface area (Å²) in [5, 5.41) is 8.98. The van der Waals surface area contributed by atoms with E-state index >= 15 is 0 Å². The van der Waals surface area contributed by atoms with Gasteiger partial charge in [-0.2, -0.15) is 0 Å². The van der Waals surface area contributed by atoms with Crippen molar-refractivity contribution in [1.29, 1.82) is 0 Å². The van der Waals surface area contributed by atoms with E-state index in [1.54, 1.807) is 6.92 Å². The minimum absolute atomic E-state index is 0.158. The van der Waals surface area contributed by atoms with Crippen molar-refractivity contribution < 1.29 is 19.4 Å². The summed E-state index contributed by atoms with van der Waals surface area (Å²) in [7, 11) is 0. The molecule has 1 rings (SSSR count). The summed E-state index contributed by atoms with van der Waals surface area (Å²) in [6.45, 7) is 1.84. The van der Waals surface area contributed by atoms with Gasteiger partial charge in [-0.3, -0.25) is 9.59 Å². The molecule has 0 aromatic heterocycles. The molecule has 0 aliphatic carbocycles. The number of hydrogen-bond acceptors (Lipinski definition) is 3. The summed E-state index contributed by atoms with van der Waals surface area (Å²) >= 11 is 2.16. The summed E-state index contributed by atoms with van der Waals surface area (Å²) in [6.07, 6.45) is 0.158. The second-order valence-corrected chi connectivity index (χ2v) is 4.72. The van der Waals surface area contributed by atoms with E-state index < -0.39 is 17.9 Å². The van der Waals surface area contributed by atoms with E-state index in [0.29, 0.717) is 0 Å². The second-order valence-electron chi connectivity index (χ2n) is 3.47. The lowest BCUT2D eigenvalue weighted by molar-refractivity contribution is -0.158. The minimum atomic E-state index is -1.15. The Morgan fingerprint density at radius 3 is 2.41 bits per heavy atom. The van der Waals surface area contributed by atoms with E-state index in [1.165, 1.54) is 0 Å². The van der Waals surface area contributed by atoms with Crippen LogP contribution in [0.5, 0.6) is 0 Å². The van der Waals surface area contributed by atoms with Crippen LogP contribution >= 0.6 is 22.6 Å². The first kappa shape index (κ1) is 14.0. The molecule has 0 spiro atoms. The highest BCUT2D eigenvalue weighted by atomic mass is 127. The van der Waals surface area contributed by atoms with Crippen LogP contribution in [0.25, 0.3) is 0 Å². The molecule has 0 bridgehead atoms. The molecule has 0 saturated carbocycles.